The number of carbonyl (C=O) groups excluding carboxylic acids is 1. The fraction of sp³-hybridized carbons (Fsp3) is 0.289. The molecule has 6 heteroatoms. The highest BCUT2D eigenvalue weighted by molar-refractivity contribution is 5.73. The first-order chi connectivity index (χ1) is 21.6. The van der Waals surface area contributed by atoms with E-state index < -0.39 is 0 Å². The van der Waals surface area contributed by atoms with E-state index in [1.807, 2.05) is 78.9 Å². The van der Waals surface area contributed by atoms with Gasteiger partial charge in [-0.15, -0.1) is 0 Å². The van der Waals surface area contributed by atoms with Gasteiger partial charge in [-0.1, -0.05) is 87.1 Å². The lowest BCUT2D eigenvalue weighted by atomic mass is 10.0. The molecule has 0 aromatic heterocycles. The van der Waals surface area contributed by atoms with Gasteiger partial charge < -0.3 is 14.6 Å². The summed E-state index contributed by atoms with van der Waals surface area (Å²) < 4.78 is 11.5. The molecule has 0 atom stereocenters. The molecule has 0 radical (unpaired) electrons. The van der Waals surface area contributed by atoms with E-state index in [-0.39, 0.29) is 5.97 Å². The average molecular weight is 589 g/mol. The van der Waals surface area contributed by atoms with Gasteiger partial charge in [0.2, 0.25) is 0 Å². The Labute approximate surface area is 261 Å². The van der Waals surface area contributed by atoms with Gasteiger partial charge >= 0.3 is 5.97 Å². The van der Waals surface area contributed by atoms with Crippen LogP contribution in [-0.2, 0) is 4.79 Å². The minimum atomic E-state index is -0.198. The molecule has 4 rings (SSSR count). The Kier molecular flexibility index (Phi) is 14.7. The van der Waals surface area contributed by atoms with Crippen LogP contribution in [0.2, 0.25) is 0 Å². The summed E-state index contributed by atoms with van der Waals surface area (Å²) in [4.78, 5) is 12.3. The van der Waals surface area contributed by atoms with Gasteiger partial charge in [-0.2, -0.15) is 10.5 Å². The van der Waals surface area contributed by atoms with E-state index in [0.29, 0.717) is 29.9 Å². The van der Waals surface area contributed by atoms with Crippen LogP contribution in [0.1, 0.15) is 68.9 Å². The van der Waals surface area contributed by atoms with Crippen molar-refractivity contribution < 1.29 is 19.4 Å². The molecular formula is C38H40N2O4. The van der Waals surface area contributed by atoms with E-state index in [1.165, 1.54) is 19.3 Å². The van der Waals surface area contributed by atoms with Crippen molar-refractivity contribution in [3.63, 3.8) is 0 Å². The summed E-state index contributed by atoms with van der Waals surface area (Å²) in [6, 6.07) is 34.8. The molecule has 0 unspecified atom stereocenters. The molecule has 4 aromatic carbocycles. The summed E-state index contributed by atoms with van der Waals surface area (Å²) in [6.45, 7) is 0.717. The topological polar surface area (TPSA) is 103 Å². The van der Waals surface area contributed by atoms with Crippen LogP contribution in [0.5, 0.6) is 11.5 Å². The van der Waals surface area contributed by atoms with Gasteiger partial charge in [0.05, 0.1) is 29.9 Å². The smallest absolute Gasteiger partial charge is 0.311 e. The third kappa shape index (κ3) is 11.4. The van der Waals surface area contributed by atoms with Gasteiger partial charge in [0.25, 0.3) is 0 Å². The number of hydrogen-bond acceptors (Lipinski definition) is 6. The Morgan fingerprint density at radius 1 is 0.591 bits per heavy atom. The van der Waals surface area contributed by atoms with Crippen molar-refractivity contribution in [2.75, 3.05) is 13.7 Å². The minimum Gasteiger partial charge on any atom is -0.494 e. The van der Waals surface area contributed by atoms with Crippen molar-refractivity contribution in [1.82, 2.24) is 0 Å². The molecule has 0 saturated heterocycles. The molecule has 0 saturated carbocycles. The number of benzene rings is 4. The molecule has 0 aliphatic carbocycles. The van der Waals surface area contributed by atoms with Crippen LogP contribution in [0.25, 0.3) is 22.3 Å². The molecule has 0 fully saturated rings. The lowest BCUT2D eigenvalue weighted by molar-refractivity contribution is -0.134. The van der Waals surface area contributed by atoms with Crippen LogP contribution in [0.4, 0.5) is 0 Å². The molecule has 0 bridgehead atoms. The predicted molar refractivity (Wildman–Crippen MR) is 174 cm³/mol. The second kappa shape index (κ2) is 19.3. The van der Waals surface area contributed by atoms with Crippen molar-refractivity contribution in [2.45, 2.75) is 57.8 Å². The van der Waals surface area contributed by atoms with Crippen LogP contribution < -0.4 is 9.47 Å². The van der Waals surface area contributed by atoms with E-state index in [2.05, 4.69) is 12.1 Å². The maximum absolute atomic E-state index is 12.3. The first-order valence-corrected chi connectivity index (χ1v) is 15.1. The second-order valence-electron chi connectivity index (χ2n) is 10.3. The number of aliphatic hydroxyl groups is 1. The van der Waals surface area contributed by atoms with E-state index in [0.717, 1.165) is 67.2 Å². The maximum atomic E-state index is 12.3. The highest BCUT2D eigenvalue weighted by atomic mass is 16.5. The fourth-order valence-electron chi connectivity index (χ4n) is 4.76. The van der Waals surface area contributed by atoms with Crippen molar-refractivity contribution in [1.29, 1.82) is 10.5 Å². The largest absolute Gasteiger partial charge is 0.494 e. The number of hydrogen-bond donors (Lipinski definition) is 1. The number of nitrogens with zero attached hydrogens (tertiary/aromatic N) is 2. The Morgan fingerprint density at radius 3 is 1.61 bits per heavy atom. The van der Waals surface area contributed by atoms with Gasteiger partial charge in [-0.3, -0.25) is 4.79 Å². The van der Waals surface area contributed by atoms with Gasteiger partial charge in [0, 0.05) is 13.5 Å². The minimum absolute atomic E-state index is 0.198. The molecule has 1 N–H and O–H groups in total. The number of nitriles is 2. The summed E-state index contributed by atoms with van der Waals surface area (Å²) in [5.74, 6) is 1.23. The van der Waals surface area contributed by atoms with Gasteiger partial charge in [-0.25, -0.2) is 0 Å². The van der Waals surface area contributed by atoms with Gasteiger partial charge in [0.1, 0.15) is 11.5 Å². The van der Waals surface area contributed by atoms with Crippen molar-refractivity contribution in [3.8, 4) is 45.9 Å². The Balaban J connectivity index is 0.00000259. The lowest BCUT2D eigenvalue weighted by Crippen LogP contribution is -2.07. The second-order valence-corrected chi connectivity index (χ2v) is 10.3. The first kappa shape index (κ1) is 33.6. The number of aliphatic hydroxyl groups excluding tert-OH is 1. The molecule has 6 nitrogen and oxygen atoms in total. The summed E-state index contributed by atoms with van der Waals surface area (Å²) in [5.41, 5.74) is 5.40. The van der Waals surface area contributed by atoms with Crippen LogP contribution in [0.3, 0.4) is 0 Å². The lowest BCUT2D eigenvalue weighted by Gasteiger charge is -2.08. The molecule has 0 spiro atoms. The monoisotopic (exact) mass is 588 g/mol. The summed E-state index contributed by atoms with van der Waals surface area (Å²) in [5, 5.41) is 24.9. The van der Waals surface area contributed by atoms with Crippen molar-refractivity contribution in [3.05, 3.63) is 108 Å². The zero-order valence-electron chi connectivity index (χ0n) is 25.4. The number of esters is 1. The van der Waals surface area contributed by atoms with Crippen molar-refractivity contribution >= 4 is 5.97 Å². The zero-order chi connectivity index (χ0) is 31.4. The Hall–Kier alpha value is -4.91. The molecular weight excluding hydrogens is 548 g/mol. The normalized spacial score (nSPS) is 10.1. The molecule has 0 aliphatic heterocycles. The number of unbranched alkanes of at least 4 members (excludes halogenated alkanes) is 7. The third-order valence-electron chi connectivity index (χ3n) is 7.16. The summed E-state index contributed by atoms with van der Waals surface area (Å²) in [7, 11) is 1.00. The standard InChI is InChI=1S/C37H36N2O3.CH4O/c38-27-29-13-17-31(18-14-29)32-21-23-35(24-22-32)41-25-8-6-4-2-1-3-5-7-12-37(40)42-36-11-9-10-34(26-36)33-19-15-30(28-39)16-20-33;1-2/h9-11,13-24,26H,1-8,12,25H2;2H,1H3. The fourth-order valence-corrected chi connectivity index (χ4v) is 4.76. The van der Waals surface area contributed by atoms with E-state index >= 15 is 0 Å². The Bertz CT molecular complexity index is 1500. The van der Waals surface area contributed by atoms with Gasteiger partial charge in [0.15, 0.2) is 0 Å². The quantitative estimate of drug-likeness (QED) is 0.0845. The predicted octanol–water partition coefficient (Wildman–Crippen LogP) is 8.87. The van der Waals surface area contributed by atoms with Gasteiger partial charge in [-0.05, 0) is 83.6 Å². The number of ether oxygens (including phenoxy) is 2. The number of carbonyl (C=O) groups is 1. The van der Waals surface area contributed by atoms with Crippen LogP contribution in [0, 0.1) is 22.7 Å². The van der Waals surface area contributed by atoms with E-state index in [1.54, 1.807) is 18.2 Å². The Morgan fingerprint density at radius 2 is 1.07 bits per heavy atom. The van der Waals surface area contributed by atoms with E-state index in [9.17, 15) is 4.79 Å². The first-order valence-electron chi connectivity index (χ1n) is 15.1. The number of rotatable bonds is 15. The van der Waals surface area contributed by atoms with Crippen molar-refractivity contribution in [2.24, 2.45) is 0 Å². The van der Waals surface area contributed by atoms with Crippen LogP contribution >= 0.6 is 0 Å². The van der Waals surface area contributed by atoms with Crippen LogP contribution in [0.15, 0.2) is 97.1 Å². The summed E-state index contributed by atoms with van der Waals surface area (Å²) in [6.07, 6.45) is 9.18. The molecule has 226 valence electrons. The third-order valence-corrected chi connectivity index (χ3v) is 7.16. The zero-order valence-corrected chi connectivity index (χ0v) is 25.4. The summed E-state index contributed by atoms with van der Waals surface area (Å²) >= 11 is 0. The molecule has 44 heavy (non-hydrogen) atoms. The molecule has 0 aliphatic rings. The highest BCUT2D eigenvalue weighted by Crippen LogP contribution is 2.25. The SMILES string of the molecule is CO.N#Cc1ccc(-c2ccc(OCCCCCCCCCCC(=O)Oc3cccc(-c4ccc(C#N)cc4)c3)cc2)cc1. The maximum Gasteiger partial charge on any atom is 0.311 e. The molecule has 4 aromatic rings. The molecule has 0 heterocycles. The van der Waals surface area contributed by atoms with Crippen LogP contribution in [-0.4, -0.2) is 24.8 Å². The van der Waals surface area contributed by atoms with E-state index in [4.69, 9.17) is 25.1 Å². The highest BCUT2D eigenvalue weighted by Gasteiger charge is 2.07. The molecule has 0 amide bonds. The average Bonchev–Trinajstić information content (AvgIpc) is 3.08.